The van der Waals surface area contributed by atoms with E-state index in [4.69, 9.17) is 28.5 Å². The number of aromatic nitrogens is 2. The van der Waals surface area contributed by atoms with Gasteiger partial charge >= 0.3 is 5.97 Å². The number of nitrogens with zero attached hydrogens (tertiary/aromatic N) is 3. The van der Waals surface area contributed by atoms with Gasteiger partial charge in [0.2, 0.25) is 0 Å². The quantitative estimate of drug-likeness (QED) is 0.337. The van der Waals surface area contributed by atoms with Crippen LogP contribution in [0.15, 0.2) is 66.7 Å². The highest BCUT2D eigenvalue weighted by molar-refractivity contribution is 6.32. The van der Waals surface area contributed by atoms with E-state index in [9.17, 15) is 19.1 Å². The van der Waals surface area contributed by atoms with Crippen molar-refractivity contribution in [3.8, 4) is 23.0 Å². The van der Waals surface area contributed by atoms with Gasteiger partial charge in [0.25, 0.3) is 5.91 Å². The summed E-state index contributed by atoms with van der Waals surface area (Å²) in [5.41, 5.74) is 1.82. The molecule has 3 aromatic carbocycles. The molecule has 0 aliphatic rings. The van der Waals surface area contributed by atoms with E-state index in [2.05, 4.69) is 10.4 Å². The minimum atomic E-state index is -1.16. The van der Waals surface area contributed by atoms with E-state index in [0.717, 1.165) is 6.07 Å². The highest BCUT2D eigenvalue weighted by Crippen LogP contribution is 2.33. The first-order valence-corrected chi connectivity index (χ1v) is 11.4. The third-order valence-electron chi connectivity index (χ3n) is 5.33. The van der Waals surface area contributed by atoms with Gasteiger partial charge < -0.3 is 10.4 Å². The lowest BCUT2D eigenvalue weighted by Gasteiger charge is -2.11. The predicted octanol–water partition coefficient (Wildman–Crippen LogP) is 5.41. The molecule has 4 aromatic rings. The highest BCUT2D eigenvalue weighted by atomic mass is 35.5. The molecule has 0 radical (unpaired) electrons. The van der Waals surface area contributed by atoms with Gasteiger partial charge in [-0.1, -0.05) is 53.5 Å². The van der Waals surface area contributed by atoms with Crippen LogP contribution in [-0.4, -0.2) is 26.8 Å². The Labute approximate surface area is 215 Å². The average molecular weight is 523 g/mol. The van der Waals surface area contributed by atoms with E-state index in [-0.39, 0.29) is 23.4 Å². The van der Waals surface area contributed by atoms with Gasteiger partial charge in [0.1, 0.15) is 11.9 Å². The lowest BCUT2D eigenvalue weighted by atomic mass is 10.0. The number of aliphatic carboxylic acids is 1. The zero-order valence-corrected chi connectivity index (χ0v) is 20.0. The maximum absolute atomic E-state index is 13.6. The monoisotopic (exact) mass is 522 g/mol. The molecule has 0 spiro atoms. The maximum atomic E-state index is 13.6. The second-order valence-corrected chi connectivity index (χ2v) is 8.57. The number of hydrogen-bond donors (Lipinski definition) is 2. The van der Waals surface area contributed by atoms with Crippen LogP contribution in [0.25, 0.3) is 16.9 Å². The van der Waals surface area contributed by atoms with Gasteiger partial charge in [-0.15, -0.1) is 0 Å². The Bertz CT molecular complexity index is 1510. The van der Waals surface area contributed by atoms with Crippen molar-refractivity contribution < 1.29 is 19.1 Å². The molecule has 4 rings (SSSR count). The first-order valence-electron chi connectivity index (χ1n) is 10.6. The van der Waals surface area contributed by atoms with Crippen molar-refractivity contribution in [3.63, 3.8) is 0 Å². The van der Waals surface area contributed by atoms with Crippen molar-refractivity contribution >= 4 is 35.1 Å². The molecule has 36 heavy (non-hydrogen) atoms. The number of carboxylic acid groups (broad SMARTS) is 1. The smallest absolute Gasteiger partial charge is 0.307 e. The molecule has 7 nitrogen and oxygen atoms in total. The van der Waals surface area contributed by atoms with Gasteiger partial charge in [0.15, 0.2) is 5.69 Å². The Morgan fingerprint density at radius 2 is 1.81 bits per heavy atom. The lowest BCUT2D eigenvalue weighted by molar-refractivity contribution is -0.136. The van der Waals surface area contributed by atoms with Crippen LogP contribution in [0.3, 0.4) is 0 Å². The van der Waals surface area contributed by atoms with Crippen molar-refractivity contribution in [3.05, 3.63) is 105 Å². The topological polar surface area (TPSA) is 108 Å². The van der Waals surface area contributed by atoms with Gasteiger partial charge in [-0.2, -0.15) is 10.4 Å². The lowest BCUT2D eigenvalue weighted by Crippen LogP contribution is -2.25. The van der Waals surface area contributed by atoms with Crippen LogP contribution in [0.1, 0.15) is 27.2 Å². The molecular weight excluding hydrogens is 506 g/mol. The van der Waals surface area contributed by atoms with Crippen molar-refractivity contribution in [1.82, 2.24) is 15.1 Å². The zero-order chi connectivity index (χ0) is 25.8. The first-order chi connectivity index (χ1) is 17.3. The molecule has 0 saturated carbocycles. The van der Waals surface area contributed by atoms with Crippen molar-refractivity contribution in [2.75, 3.05) is 0 Å². The van der Waals surface area contributed by atoms with Crippen LogP contribution in [0.2, 0.25) is 10.0 Å². The standard InChI is InChI=1S/C26H17Cl2FN4O3/c27-18-8-6-16(7-9-18)25-19(12-23(34)35)24(32-33(25)22-4-2-1-3-20(22)28)26(36)31-14-15-5-10-21(29)17(11-15)13-30/h1-11H,12,14H2,(H,31,36)(H,34,35). The molecule has 10 heteroatoms. The Hall–Kier alpha value is -4.19. The summed E-state index contributed by atoms with van der Waals surface area (Å²) < 4.78 is 15.1. The number of hydrogen-bond acceptors (Lipinski definition) is 4. The van der Waals surface area contributed by atoms with Crippen LogP contribution in [-0.2, 0) is 17.8 Å². The molecule has 0 bridgehead atoms. The minimum absolute atomic E-state index is 0.0322. The summed E-state index contributed by atoms with van der Waals surface area (Å²) in [4.78, 5) is 25.0. The summed E-state index contributed by atoms with van der Waals surface area (Å²) in [6, 6.07) is 19.2. The molecule has 0 atom stereocenters. The van der Waals surface area contributed by atoms with E-state index in [1.807, 2.05) is 0 Å². The largest absolute Gasteiger partial charge is 0.481 e. The normalized spacial score (nSPS) is 10.6. The van der Waals surface area contributed by atoms with Crippen molar-refractivity contribution in [1.29, 1.82) is 5.26 Å². The molecular formula is C26H17Cl2FN4O3. The fraction of sp³-hybridized carbons (Fsp3) is 0.0769. The summed E-state index contributed by atoms with van der Waals surface area (Å²) in [5.74, 6) is -2.47. The van der Waals surface area contributed by atoms with E-state index in [1.165, 1.54) is 16.8 Å². The Balaban J connectivity index is 1.82. The summed E-state index contributed by atoms with van der Waals surface area (Å²) in [5, 5.41) is 26.6. The number of benzene rings is 3. The fourth-order valence-electron chi connectivity index (χ4n) is 3.69. The summed E-state index contributed by atoms with van der Waals surface area (Å²) in [7, 11) is 0. The number of nitriles is 1. The molecule has 1 amide bonds. The van der Waals surface area contributed by atoms with Crippen molar-refractivity contribution in [2.24, 2.45) is 0 Å². The Morgan fingerprint density at radius 3 is 2.47 bits per heavy atom. The number of rotatable bonds is 7. The first kappa shape index (κ1) is 24.9. The Kier molecular flexibility index (Phi) is 7.34. The van der Waals surface area contributed by atoms with E-state index in [1.54, 1.807) is 54.6 Å². The number of halogens is 3. The van der Waals surface area contributed by atoms with E-state index < -0.39 is 24.1 Å². The molecule has 2 N–H and O–H groups in total. The van der Waals surface area contributed by atoms with Crippen LogP contribution in [0, 0.1) is 17.1 Å². The van der Waals surface area contributed by atoms with Crippen LogP contribution in [0.4, 0.5) is 4.39 Å². The van der Waals surface area contributed by atoms with Crippen LogP contribution >= 0.6 is 23.2 Å². The van der Waals surface area contributed by atoms with Crippen LogP contribution < -0.4 is 5.32 Å². The van der Waals surface area contributed by atoms with Crippen LogP contribution in [0.5, 0.6) is 0 Å². The SMILES string of the molecule is N#Cc1cc(CNC(=O)c2nn(-c3ccccc3Cl)c(-c3ccc(Cl)cc3)c2CC(=O)O)ccc1F. The number of carbonyl (C=O) groups is 2. The number of para-hydroxylation sites is 1. The molecule has 0 saturated heterocycles. The fourth-order valence-corrected chi connectivity index (χ4v) is 4.03. The molecule has 0 unspecified atom stereocenters. The Morgan fingerprint density at radius 1 is 1.08 bits per heavy atom. The van der Waals surface area contributed by atoms with Gasteiger partial charge in [-0.3, -0.25) is 9.59 Å². The molecule has 1 aromatic heterocycles. The average Bonchev–Trinajstić information content (AvgIpc) is 3.22. The molecule has 0 aliphatic carbocycles. The summed E-state index contributed by atoms with van der Waals surface area (Å²) >= 11 is 12.5. The molecule has 0 aliphatic heterocycles. The molecule has 0 fully saturated rings. The number of amides is 1. The predicted molar refractivity (Wildman–Crippen MR) is 133 cm³/mol. The molecule has 1 heterocycles. The highest BCUT2D eigenvalue weighted by Gasteiger charge is 2.27. The van der Waals surface area contributed by atoms with E-state index >= 15 is 0 Å². The second kappa shape index (κ2) is 10.6. The van der Waals surface area contributed by atoms with Gasteiger partial charge in [0, 0.05) is 22.7 Å². The van der Waals surface area contributed by atoms with Gasteiger partial charge in [-0.05, 0) is 42.0 Å². The van der Waals surface area contributed by atoms with Gasteiger partial charge in [0.05, 0.1) is 28.4 Å². The van der Waals surface area contributed by atoms with Crippen molar-refractivity contribution in [2.45, 2.75) is 13.0 Å². The second-order valence-electron chi connectivity index (χ2n) is 7.73. The number of nitrogens with one attached hydrogen (secondary N) is 1. The summed E-state index contributed by atoms with van der Waals surface area (Å²) in [6.45, 7) is -0.0322. The van der Waals surface area contributed by atoms with Gasteiger partial charge in [-0.25, -0.2) is 9.07 Å². The zero-order valence-electron chi connectivity index (χ0n) is 18.5. The van der Waals surface area contributed by atoms with E-state index in [0.29, 0.717) is 32.6 Å². The third-order valence-corrected chi connectivity index (χ3v) is 5.90. The maximum Gasteiger partial charge on any atom is 0.307 e. The number of carboxylic acids is 1. The molecule has 180 valence electrons. The minimum Gasteiger partial charge on any atom is -0.481 e. The third kappa shape index (κ3) is 5.23. The number of carbonyl (C=O) groups excluding carboxylic acids is 1. The summed E-state index contributed by atoms with van der Waals surface area (Å²) in [6.07, 6.45) is -0.486.